The molecular weight excluding hydrogens is 228 g/mol. The number of nitriles is 1. The smallest absolute Gasteiger partial charge is 0.0755 e. The number of aromatic nitrogens is 2. The Bertz CT molecular complexity index is 403. The lowest BCUT2D eigenvalue weighted by Crippen LogP contribution is -2.40. The third-order valence-corrected chi connectivity index (χ3v) is 3.37. The predicted molar refractivity (Wildman–Crippen MR) is 69.3 cm³/mol. The van der Waals surface area contributed by atoms with Gasteiger partial charge in [0.15, 0.2) is 0 Å². The summed E-state index contributed by atoms with van der Waals surface area (Å²) in [5.41, 5.74) is 1.12. The van der Waals surface area contributed by atoms with Gasteiger partial charge in [0.2, 0.25) is 0 Å². The summed E-state index contributed by atoms with van der Waals surface area (Å²) in [6.07, 6.45) is 6.57. The number of nitrogens with zero attached hydrogens (tertiary/aromatic N) is 4. The highest BCUT2D eigenvalue weighted by molar-refractivity contribution is 5.43. The van der Waals surface area contributed by atoms with Gasteiger partial charge in [-0.15, -0.1) is 0 Å². The standard InChI is InChI=1S/C13H20N4O/c1-2-16-11-13(10-15-16)17(7-3-6-14)12-4-8-18-9-5-12/h10-12H,2-5,7-9H2,1H3. The van der Waals surface area contributed by atoms with E-state index in [1.54, 1.807) is 0 Å². The van der Waals surface area contributed by atoms with Gasteiger partial charge in [-0.1, -0.05) is 0 Å². The second kappa shape index (κ2) is 6.41. The molecule has 1 saturated heterocycles. The van der Waals surface area contributed by atoms with E-state index in [0.717, 1.165) is 44.8 Å². The van der Waals surface area contributed by atoms with E-state index in [1.807, 2.05) is 10.9 Å². The first-order valence-electron chi connectivity index (χ1n) is 6.59. The van der Waals surface area contributed by atoms with Crippen molar-refractivity contribution in [1.29, 1.82) is 5.26 Å². The van der Waals surface area contributed by atoms with Gasteiger partial charge in [0.1, 0.15) is 0 Å². The molecule has 2 rings (SSSR count). The molecule has 0 atom stereocenters. The largest absolute Gasteiger partial charge is 0.381 e. The summed E-state index contributed by atoms with van der Waals surface area (Å²) >= 11 is 0. The summed E-state index contributed by atoms with van der Waals surface area (Å²) in [7, 11) is 0. The molecule has 0 saturated carbocycles. The van der Waals surface area contributed by atoms with Gasteiger partial charge in [-0.3, -0.25) is 4.68 Å². The Morgan fingerprint density at radius 1 is 1.56 bits per heavy atom. The van der Waals surface area contributed by atoms with Crippen molar-refractivity contribution in [3.05, 3.63) is 12.4 Å². The average molecular weight is 248 g/mol. The number of hydrogen-bond donors (Lipinski definition) is 0. The van der Waals surface area contributed by atoms with Crippen LogP contribution in [0.15, 0.2) is 12.4 Å². The number of rotatable bonds is 5. The zero-order valence-corrected chi connectivity index (χ0v) is 10.9. The molecule has 5 nitrogen and oxygen atoms in total. The van der Waals surface area contributed by atoms with Crippen LogP contribution in [0.2, 0.25) is 0 Å². The lowest BCUT2D eigenvalue weighted by molar-refractivity contribution is 0.0845. The Hall–Kier alpha value is -1.54. The molecular formula is C13H20N4O. The normalized spacial score (nSPS) is 16.4. The molecule has 0 N–H and O–H groups in total. The summed E-state index contributed by atoms with van der Waals surface area (Å²) in [4.78, 5) is 2.31. The quantitative estimate of drug-likeness (QED) is 0.797. The number of hydrogen-bond acceptors (Lipinski definition) is 4. The third kappa shape index (κ3) is 3.02. The fourth-order valence-corrected chi connectivity index (χ4v) is 2.36. The Labute approximate surface area is 108 Å². The van der Waals surface area contributed by atoms with Crippen LogP contribution in [-0.4, -0.2) is 35.6 Å². The van der Waals surface area contributed by atoms with E-state index in [0.29, 0.717) is 12.5 Å². The van der Waals surface area contributed by atoms with Gasteiger partial charge in [0.05, 0.1) is 24.4 Å². The second-order valence-electron chi connectivity index (χ2n) is 4.50. The maximum atomic E-state index is 8.79. The highest BCUT2D eigenvalue weighted by atomic mass is 16.5. The predicted octanol–water partition coefficient (Wildman–Crippen LogP) is 1.80. The van der Waals surface area contributed by atoms with E-state index >= 15 is 0 Å². The molecule has 0 radical (unpaired) electrons. The van der Waals surface area contributed by atoms with Crippen LogP contribution in [0.5, 0.6) is 0 Å². The highest BCUT2D eigenvalue weighted by Gasteiger charge is 2.22. The molecule has 0 unspecified atom stereocenters. The Morgan fingerprint density at radius 2 is 2.33 bits per heavy atom. The minimum absolute atomic E-state index is 0.474. The topological polar surface area (TPSA) is 54.1 Å². The fourth-order valence-electron chi connectivity index (χ4n) is 2.36. The van der Waals surface area contributed by atoms with Gasteiger partial charge in [0, 0.05) is 38.5 Å². The van der Waals surface area contributed by atoms with Crippen LogP contribution in [-0.2, 0) is 11.3 Å². The summed E-state index contributed by atoms with van der Waals surface area (Å²) in [6, 6.07) is 2.70. The third-order valence-electron chi connectivity index (χ3n) is 3.37. The Kier molecular flexibility index (Phi) is 4.59. The Balaban J connectivity index is 2.10. The van der Waals surface area contributed by atoms with E-state index in [2.05, 4.69) is 29.2 Å². The fraction of sp³-hybridized carbons (Fsp3) is 0.692. The van der Waals surface area contributed by atoms with Gasteiger partial charge in [0.25, 0.3) is 0 Å². The summed E-state index contributed by atoms with van der Waals surface area (Å²) in [5.74, 6) is 0. The monoisotopic (exact) mass is 248 g/mol. The van der Waals surface area contributed by atoms with E-state index in [1.165, 1.54) is 0 Å². The van der Waals surface area contributed by atoms with Crippen LogP contribution in [0.25, 0.3) is 0 Å². The van der Waals surface area contributed by atoms with Crippen molar-refractivity contribution in [2.75, 3.05) is 24.7 Å². The van der Waals surface area contributed by atoms with Crippen molar-refractivity contribution in [3.63, 3.8) is 0 Å². The van der Waals surface area contributed by atoms with Crippen molar-refractivity contribution < 1.29 is 4.74 Å². The highest BCUT2D eigenvalue weighted by Crippen LogP contribution is 2.22. The van der Waals surface area contributed by atoms with Crippen molar-refractivity contribution in [1.82, 2.24) is 9.78 Å². The minimum Gasteiger partial charge on any atom is -0.381 e. The van der Waals surface area contributed by atoms with Gasteiger partial charge in [-0.2, -0.15) is 10.4 Å². The van der Waals surface area contributed by atoms with Crippen LogP contribution in [0.1, 0.15) is 26.2 Å². The number of ether oxygens (including phenoxy) is 1. The van der Waals surface area contributed by atoms with Gasteiger partial charge < -0.3 is 9.64 Å². The maximum absolute atomic E-state index is 8.79. The minimum atomic E-state index is 0.474. The first-order valence-corrected chi connectivity index (χ1v) is 6.59. The molecule has 1 aromatic rings. The molecule has 1 aromatic heterocycles. The summed E-state index contributed by atoms with van der Waals surface area (Å²) < 4.78 is 7.33. The molecule has 1 aliphatic heterocycles. The zero-order chi connectivity index (χ0) is 12.8. The van der Waals surface area contributed by atoms with E-state index < -0.39 is 0 Å². The van der Waals surface area contributed by atoms with E-state index in [-0.39, 0.29) is 0 Å². The van der Waals surface area contributed by atoms with Crippen LogP contribution >= 0.6 is 0 Å². The molecule has 1 fully saturated rings. The van der Waals surface area contributed by atoms with Crippen LogP contribution in [0.3, 0.4) is 0 Å². The molecule has 0 spiro atoms. The molecule has 1 aliphatic rings. The molecule has 0 bridgehead atoms. The van der Waals surface area contributed by atoms with E-state index in [9.17, 15) is 0 Å². The van der Waals surface area contributed by atoms with Crippen LogP contribution < -0.4 is 4.90 Å². The average Bonchev–Trinajstić information content (AvgIpc) is 2.89. The molecule has 5 heteroatoms. The van der Waals surface area contributed by atoms with Crippen LogP contribution in [0.4, 0.5) is 5.69 Å². The van der Waals surface area contributed by atoms with Crippen molar-refractivity contribution in [2.24, 2.45) is 0 Å². The number of aryl methyl sites for hydroxylation is 1. The molecule has 0 aliphatic carbocycles. The lowest BCUT2D eigenvalue weighted by atomic mass is 10.1. The first kappa shape index (κ1) is 12.9. The van der Waals surface area contributed by atoms with Crippen molar-refractivity contribution >= 4 is 5.69 Å². The molecule has 18 heavy (non-hydrogen) atoms. The summed E-state index contributed by atoms with van der Waals surface area (Å²) in [5, 5.41) is 13.1. The molecule has 0 amide bonds. The first-order chi connectivity index (χ1) is 8.85. The van der Waals surface area contributed by atoms with Crippen molar-refractivity contribution in [3.8, 4) is 6.07 Å². The van der Waals surface area contributed by atoms with Gasteiger partial charge >= 0.3 is 0 Å². The second-order valence-corrected chi connectivity index (χ2v) is 4.50. The lowest BCUT2D eigenvalue weighted by Gasteiger charge is -2.34. The van der Waals surface area contributed by atoms with Crippen LogP contribution in [0, 0.1) is 11.3 Å². The van der Waals surface area contributed by atoms with Gasteiger partial charge in [-0.25, -0.2) is 0 Å². The summed E-state index contributed by atoms with van der Waals surface area (Å²) in [6.45, 7) is 5.35. The van der Waals surface area contributed by atoms with Crippen molar-refractivity contribution in [2.45, 2.75) is 38.8 Å². The molecule has 0 aromatic carbocycles. The SMILES string of the molecule is CCn1cc(N(CCC#N)C2CCOCC2)cn1. The zero-order valence-electron chi connectivity index (χ0n) is 10.9. The number of anilines is 1. The Morgan fingerprint density at radius 3 is 2.94 bits per heavy atom. The molecule has 2 heterocycles. The maximum Gasteiger partial charge on any atom is 0.0755 e. The molecule has 98 valence electrons. The van der Waals surface area contributed by atoms with E-state index in [4.69, 9.17) is 10.00 Å². The van der Waals surface area contributed by atoms with Gasteiger partial charge in [-0.05, 0) is 19.8 Å².